The van der Waals surface area contributed by atoms with E-state index in [0.29, 0.717) is 6.54 Å². The zero-order valence-electron chi connectivity index (χ0n) is 8.62. The minimum absolute atomic E-state index is 0.573. The van der Waals surface area contributed by atoms with Crippen molar-refractivity contribution in [3.8, 4) is 0 Å². The van der Waals surface area contributed by atoms with E-state index in [2.05, 4.69) is 23.2 Å². The molecule has 3 heteroatoms. The average Bonchev–Trinajstić information content (AvgIpc) is 2.55. The van der Waals surface area contributed by atoms with Gasteiger partial charge in [0.2, 0.25) is 0 Å². The number of pyridine rings is 1. The molecule has 2 aromatic rings. The van der Waals surface area contributed by atoms with Crippen molar-refractivity contribution in [1.29, 1.82) is 0 Å². The van der Waals surface area contributed by atoms with E-state index in [-0.39, 0.29) is 0 Å². The summed E-state index contributed by atoms with van der Waals surface area (Å²) in [7, 11) is 0. The summed E-state index contributed by atoms with van der Waals surface area (Å²) in [6, 6.07) is 4.09. The number of fused-ring (bicyclic) bond motifs is 1. The van der Waals surface area contributed by atoms with Gasteiger partial charge in [0, 0.05) is 18.4 Å². The fraction of sp³-hybridized carbons (Fsp3) is 0.364. The average molecular weight is 189 g/mol. The molecular formula is C11H15N3. The van der Waals surface area contributed by atoms with Crippen LogP contribution in [0.1, 0.15) is 23.9 Å². The van der Waals surface area contributed by atoms with Gasteiger partial charge in [-0.2, -0.15) is 0 Å². The lowest BCUT2D eigenvalue weighted by Crippen LogP contribution is -1.97. The molecule has 2 N–H and O–H groups in total. The number of imidazole rings is 1. The van der Waals surface area contributed by atoms with Gasteiger partial charge in [-0.25, -0.2) is 4.98 Å². The molecule has 0 fully saturated rings. The molecule has 0 radical (unpaired) electrons. The van der Waals surface area contributed by atoms with Gasteiger partial charge < -0.3 is 10.1 Å². The van der Waals surface area contributed by atoms with Crippen LogP contribution in [-0.2, 0) is 13.0 Å². The third-order valence-electron chi connectivity index (χ3n) is 2.60. The number of hydrogen-bond donors (Lipinski definition) is 1. The molecule has 0 spiro atoms. The molecule has 2 heterocycles. The second-order valence-electron chi connectivity index (χ2n) is 3.46. The highest BCUT2D eigenvalue weighted by atomic mass is 15.0. The Kier molecular flexibility index (Phi) is 2.25. The summed E-state index contributed by atoms with van der Waals surface area (Å²) in [5, 5.41) is 0. The molecule has 0 amide bonds. The van der Waals surface area contributed by atoms with Crippen molar-refractivity contribution in [2.24, 2.45) is 5.73 Å². The van der Waals surface area contributed by atoms with E-state index in [1.54, 1.807) is 0 Å². The Hall–Kier alpha value is -1.35. The molecule has 0 unspecified atom stereocenters. The second-order valence-corrected chi connectivity index (χ2v) is 3.46. The predicted octanol–water partition coefficient (Wildman–Crippen LogP) is 1.66. The van der Waals surface area contributed by atoms with Crippen LogP contribution in [0.25, 0.3) is 5.65 Å². The molecule has 14 heavy (non-hydrogen) atoms. The Labute approximate surface area is 83.6 Å². The maximum Gasteiger partial charge on any atom is 0.137 e. The van der Waals surface area contributed by atoms with Gasteiger partial charge in [0.1, 0.15) is 5.65 Å². The second kappa shape index (κ2) is 3.42. The summed E-state index contributed by atoms with van der Waals surface area (Å²) in [4.78, 5) is 4.55. The predicted molar refractivity (Wildman–Crippen MR) is 57.2 cm³/mol. The summed E-state index contributed by atoms with van der Waals surface area (Å²) in [6.07, 6.45) is 3.02. The fourth-order valence-corrected chi connectivity index (χ4v) is 1.72. The van der Waals surface area contributed by atoms with Crippen molar-refractivity contribution in [2.75, 3.05) is 0 Å². The van der Waals surface area contributed by atoms with Crippen LogP contribution in [0.15, 0.2) is 18.3 Å². The minimum atomic E-state index is 0.573. The molecule has 3 nitrogen and oxygen atoms in total. The normalized spacial score (nSPS) is 11.1. The molecule has 0 saturated heterocycles. The lowest BCUT2D eigenvalue weighted by atomic mass is 10.2. The topological polar surface area (TPSA) is 43.3 Å². The van der Waals surface area contributed by atoms with Crippen molar-refractivity contribution >= 4 is 5.65 Å². The van der Waals surface area contributed by atoms with Crippen molar-refractivity contribution in [2.45, 2.75) is 26.8 Å². The maximum absolute atomic E-state index is 5.58. The summed E-state index contributed by atoms with van der Waals surface area (Å²) in [5.74, 6) is 0. The highest BCUT2D eigenvalue weighted by molar-refractivity contribution is 5.45. The number of aryl methyl sites for hydroxylation is 2. The lowest BCUT2D eigenvalue weighted by Gasteiger charge is -1.99. The molecule has 0 atom stereocenters. The molecular weight excluding hydrogens is 174 g/mol. The Morgan fingerprint density at radius 1 is 1.50 bits per heavy atom. The van der Waals surface area contributed by atoms with Gasteiger partial charge >= 0.3 is 0 Å². The molecule has 2 aromatic heterocycles. The van der Waals surface area contributed by atoms with Crippen LogP contribution in [0, 0.1) is 6.92 Å². The molecule has 74 valence electrons. The largest absolute Gasteiger partial charge is 0.326 e. The zero-order chi connectivity index (χ0) is 10.1. The SMILES string of the molecule is CCc1nc2cc(CN)ccn2c1C. The Bertz CT molecular complexity index is 457. The quantitative estimate of drug-likeness (QED) is 0.780. The van der Waals surface area contributed by atoms with Crippen LogP contribution in [0.3, 0.4) is 0 Å². The van der Waals surface area contributed by atoms with Crippen LogP contribution >= 0.6 is 0 Å². The summed E-state index contributed by atoms with van der Waals surface area (Å²) in [5.41, 5.74) is 10.1. The summed E-state index contributed by atoms with van der Waals surface area (Å²) >= 11 is 0. The van der Waals surface area contributed by atoms with Gasteiger partial charge in [-0.05, 0) is 31.0 Å². The molecule has 2 rings (SSSR count). The van der Waals surface area contributed by atoms with Gasteiger partial charge in [0.05, 0.1) is 5.69 Å². The van der Waals surface area contributed by atoms with Gasteiger partial charge in [-0.15, -0.1) is 0 Å². The van der Waals surface area contributed by atoms with Crippen molar-refractivity contribution in [3.05, 3.63) is 35.3 Å². The standard InChI is InChI=1S/C11H15N3/c1-3-10-8(2)14-5-4-9(7-12)6-11(14)13-10/h4-6H,3,7,12H2,1-2H3. The maximum atomic E-state index is 5.58. The fourth-order valence-electron chi connectivity index (χ4n) is 1.72. The number of aromatic nitrogens is 2. The third-order valence-corrected chi connectivity index (χ3v) is 2.60. The zero-order valence-corrected chi connectivity index (χ0v) is 8.62. The van der Waals surface area contributed by atoms with E-state index in [9.17, 15) is 0 Å². The summed E-state index contributed by atoms with van der Waals surface area (Å²) in [6.45, 7) is 4.80. The van der Waals surface area contributed by atoms with Gasteiger partial charge in [-0.1, -0.05) is 6.92 Å². The lowest BCUT2D eigenvalue weighted by molar-refractivity contribution is 1.01. The molecule has 0 aromatic carbocycles. The Balaban J connectivity index is 2.66. The van der Waals surface area contributed by atoms with Crippen molar-refractivity contribution in [3.63, 3.8) is 0 Å². The Morgan fingerprint density at radius 3 is 2.93 bits per heavy atom. The first kappa shape index (κ1) is 9.21. The molecule has 0 bridgehead atoms. The van der Waals surface area contributed by atoms with Gasteiger partial charge in [-0.3, -0.25) is 0 Å². The number of nitrogens with two attached hydrogens (primary N) is 1. The van der Waals surface area contributed by atoms with Crippen LogP contribution in [0.2, 0.25) is 0 Å². The first-order chi connectivity index (χ1) is 6.76. The highest BCUT2D eigenvalue weighted by Gasteiger charge is 2.05. The van der Waals surface area contributed by atoms with Crippen LogP contribution in [-0.4, -0.2) is 9.38 Å². The number of hydrogen-bond acceptors (Lipinski definition) is 2. The third kappa shape index (κ3) is 1.30. The molecule has 0 aliphatic carbocycles. The van der Waals surface area contributed by atoms with E-state index in [1.807, 2.05) is 18.3 Å². The van der Waals surface area contributed by atoms with Gasteiger partial charge in [0.25, 0.3) is 0 Å². The van der Waals surface area contributed by atoms with Crippen molar-refractivity contribution in [1.82, 2.24) is 9.38 Å². The van der Waals surface area contributed by atoms with E-state index in [0.717, 1.165) is 17.6 Å². The highest BCUT2D eigenvalue weighted by Crippen LogP contribution is 2.13. The molecule has 0 saturated carbocycles. The first-order valence-corrected chi connectivity index (χ1v) is 4.92. The molecule has 0 aliphatic rings. The van der Waals surface area contributed by atoms with Crippen LogP contribution < -0.4 is 5.73 Å². The monoisotopic (exact) mass is 189 g/mol. The molecule has 0 aliphatic heterocycles. The summed E-state index contributed by atoms with van der Waals surface area (Å²) < 4.78 is 2.11. The van der Waals surface area contributed by atoms with E-state index >= 15 is 0 Å². The van der Waals surface area contributed by atoms with E-state index < -0.39 is 0 Å². The first-order valence-electron chi connectivity index (χ1n) is 4.92. The Morgan fingerprint density at radius 2 is 2.29 bits per heavy atom. The van der Waals surface area contributed by atoms with Crippen molar-refractivity contribution < 1.29 is 0 Å². The number of rotatable bonds is 2. The van der Waals surface area contributed by atoms with Gasteiger partial charge in [0.15, 0.2) is 0 Å². The van der Waals surface area contributed by atoms with Crippen LogP contribution in [0.5, 0.6) is 0 Å². The number of nitrogens with zero attached hydrogens (tertiary/aromatic N) is 2. The van der Waals surface area contributed by atoms with E-state index in [4.69, 9.17) is 5.73 Å². The smallest absolute Gasteiger partial charge is 0.137 e. The van der Waals surface area contributed by atoms with E-state index in [1.165, 1.54) is 11.4 Å². The minimum Gasteiger partial charge on any atom is -0.326 e. The van der Waals surface area contributed by atoms with Crippen LogP contribution in [0.4, 0.5) is 0 Å².